The summed E-state index contributed by atoms with van der Waals surface area (Å²) in [4.78, 5) is 35.0. The summed E-state index contributed by atoms with van der Waals surface area (Å²) in [5.74, 6) is -0.0489. The van der Waals surface area contributed by atoms with Gasteiger partial charge in [-0.25, -0.2) is 9.59 Å². The summed E-state index contributed by atoms with van der Waals surface area (Å²) in [7, 11) is 1.50. The summed E-state index contributed by atoms with van der Waals surface area (Å²) in [5, 5.41) is 3.01. The maximum absolute atomic E-state index is 12.1. The molecule has 2 saturated heterocycles. The van der Waals surface area contributed by atoms with E-state index >= 15 is 0 Å². The van der Waals surface area contributed by atoms with Crippen molar-refractivity contribution in [2.45, 2.75) is 51.0 Å². The van der Waals surface area contributed by atoms with Gasteiger partial charge in [-0.2, -0.15) is 0 Å². The van der Waals surface area contributed by atoms with Crippen molar-refractivity contribution in [1.82, 2.24) is 0 Å². The van der Waals surface area contributed by atoms with E-state index in [1.165, 1.54) is 26.2 Å². The van der Waals surface area contributed by atoms with Crippen LogP contribution in [0.15, 0.2) is 33.5 Å². The molecule has 1 aromatic carbocycles. The maximum atomic E-state index is 12.1. The lowest BCUT2D eigenvalue weighted by Crippen LogP contribution is -2.62. The molecular formula is C20H21NO9. The number of methoxy groups -OCH3 is 1. The van der Waals surface area contributed by atoms with Crippen molar-refractivity contribution in [3.8, 4) is 5.75 Å². The zero-order valence-electron chi connectivity index (χ0n) is 16.8. The number of fused-ring (bicyclic) bond motifs is 2. The minimum Gasteiger partial charge on any atom is -0.461 e. The molecule has 0 radical (unpaired) electrons. The average molecular weight is 419 g/mol. The summed E-state index contributed by atoms with van der Waals surface area (Å²) < 4.78 is 33.2. The van der Waals surface area contributed by atoms with Crippen LogP contribution in [0.4, 0.5) is 10.5 Å². The smallest absolute Gasteiger partial charge is 0.461 e. The van der Waals surface area contributed by atoms with Crippen LogP contribution in [0.3, 0.4) is 0 Å². The molecule has 1 N–H and O–H groups in total. The first kappa shape index (κ1) is 20.2. The highest BCUT2D eigenvalue weighted by Crippen LogP contribution is 2.38. The van der Waals surface area contributed by atoms with Crippen LogP contribution in [-0.2, 0) is 23.7 Å². The fourth-order valence-electron chi connectivity index (χ4n) is 3.74. The molecule has 4 atom stereocenters. The van der Waals surface area contributed by atoms with Crippen molar-refractivity contribution in [2.75, 3.05) is 12.4 Å². The zero-order valence-corrected chi connectivity index (χ0v) is 16.8. The van der Waals surface area contributed by atoms with Gasteiger partial charge in [-0.1, -0.05) is 0 Å². The lowest BCUT2D eigenvalue weighted by Gasteiger charge is -2.45. The highest BCUT2D eigenvalue weighted by atomic mass is 16.8. The van der Waals surface area contributed by atoms with Crippen LogP contribution < -0.4 is 15.7 Å². The Kier molecular flexibility index (Phi) is 4.91. The minimum absolute atomic E-state index is 0.0458. The van der Waals surface area contributed by atoms with Crippen LogP contribution in [-0.4, -0.2) is 49.4 Å². The lowest BCUT2D eigenvalue weighted by atomic mass is 9.89. The standard InChI is InChI=1S/C20H21NO9/c1-9(22)21-12-7-10-5-6-11(8-13(10)27-17(12)23)26-18-15-14(28-19(24)29-15)16(25-4)20(2,3)30-18/h5-8,14-16,18H,1-4H3,(H,21,22)/t14-,15+,16?,18?/m1/s1. The van der Waals surface area contributed by atoms with Gasteiger partial charge in [0.25, 0.3) is 0 Å². The van der Waals surface area contributed by atoms with Crippen LogP contribution >= 0.6 is 0 Å². The van der Waals surface area contributed by atoms with Crippen LogP contribution in [0.5, 0.6) is 5.75 Å². The number of ether oxygens (including phenoxy) is 5. The number of nitrogens with one attached hydrogen (secondary N) is 1. The van der Waals surface area contributed by atoms with Crippen molar-refractivity contribution in [3.63, 3.8) is 0 Å². The van der Waals surface area contributed by atoms with Gasteiger partial charge in [0.15, 0.2) is 6.10 Å². The molecular weight excluding hydrogens is 398 g/mol. The van der Waals surface area contributed by atoms with E-state index in [1.807, 2.05) is 0 Å². The van der Waals surface area contributed by atoms with Gasteiger partial charge >= 0.3 is 11.8 Å². The van der Waals surface area contributed by atoms with Gasteiger partial charge in [0.1, 0.15) is 23.1 Å². The number of hydrogen-bond donors (Lipinski definition) is 1. The van der Waals surface area contributed by atoms with Gasteiger partial charge in [0.2, 0.25) is 18.3 Å². The minimum atomic E-state index is -0.967. The number of carbonyl (C=O) groups excluding carboxylic acids is 2. The van der Waals surface area contributed by atoms with E-state index in [-0.39, 0.29) is 17.2 Å². The number of hydrogen-bond acceptors (Lipinski definition) is 9. The Morgan fingerprint density at radius 1 is 1.13 bits per heavy atom. The predicted octanol–water partition coefficient (Wildman–Crippen LogP) is 2.18. The van der Waals surface area contributed by atoms with E-state index in [1.54, 1.807) is 26.0 Å². The molecule has 30 heavy (non-hydrogen) atoms. The molecule has 10 heteroatoms. The molecule has 2 aliphatic heterocycles. The second kappa shape index (κ2) is 7.29. The van der Waals surface area contributed by atoms with Crippen molar-refractivity contribution in [2.24, 2.45) is 0 Å². The van der Waals surface area contributed by atoms with Gasteiger partial charge in [0, 0.05) is 25.5 Å². The van der Waals surface area contributed by atoms with Gasteiger partial charge in [-0.3, -0.25) is 4.79 Å². The van der Waals surface area contributed by atoms with Crippen LogP contribution in [0.2, 0.25) is 0 Å². The summed E-state index contributed by atoms with van der Waals surface area (Å²) in [6, 6.07) is 6.34. The topological polar surface area (TPSA) is 123 Å². The van der Waals surface area contributed by atoms with E-state index in [9.17, 15) is 14.4 Å². The summed E-state index contributed by atoms with van der Waals surface area (Å²) in [5.41, 5.74) is -1.21. The number of anilines is 1. The second-order valence-electron chi connectivity index (χ2n) is 7.61. The molecule has 2 aromatic rings. The van der Waals surface area contributed by atoms with Crippen LogP contribution in [0, 0.1) is 0 Å². The Balaban J connectivity index is 1.62. The van der Waals surface area contributed by atoms with Gasteiger partial charge in [0.05, 0.1) is 5.60 Å². The third-order valence-corrected chi connectivity index (χ3v) is 4.98. The molecule has 0 saturated carbocycles. The fourth-order valence-corrected chi connectivity index (χ4v) is 3.74. The monoisotopic (exact) mass is 419 g/mol. The molecule has 2 fully saturated rings. The van der Waals surface area contributed by atoms with E-state index in [2.05, 4.69) is 5.32 Å². The SMILES string of the molecule is COC1[C@@H]2OC(=O)O[C@@H]2C(Oc2ccc3cc(NC(C)=O)c(=O)oc3c2)OC1(C)C. The number of carbonyl (C=O) groups is 2. The second-order valence-corrected chi connectivity index (χ2v) is 7.61. The molecule has 1 aromatic heterocycles. The summed E-state index contributed by atoms with van der Waals surface area (Å²) >= 11 is 0. The Morgan fingerprint density at radius 2 is 1.87 bits per heavy atom. The quantitative estimate of drug-likeness (QED) is 0.587. The third-order valence-electron chi connectivity index (χ3n) is 4.98. The largest absolute Gasteiger partial charge is 0.509 e. The van der Waals surface area contributed by atoms with Crippen LogP contribution in [0.25, 0.3) is 11.0 Å². The first-order valence-electron chi connectivity index (χ1n) is 9.28. The van der Waals surface area contributed by atoms with E-state index in [4.69, 9.17) is 28.1 Å². The Bertz CT molecular complexity index is 1060. The molecule has 0 bridgehead atoms. The Morgan fingerprint density at radius 3 is 2.57 bits per heavy atom. The molecule has 160 valence electrons. The maximum Gasteiger partial charge on any atom is 0.509 e. The lowest BCUT2D eigenvalue weighted by molar-refractivity contribution is -0.282. The van der Waals surface area contributed by atoms with Crippen LogP contribution in [0.1, 0.15) is 20.8 Å². The van der Waals surface area contributed by atoms with E-state index in [0.717, 1.165) is 0 Å². The summed E-state index contributed by atoms with van der Waals surface area (Å²) in [6.45, 7) is 4.89. The molecule has 0 spiro atoms. The van der Waals surface area contributed by atoms with E-state index in [0.29, 0.717) is 11.1 Å². The number of amides is 1. The highest BCUT2D eigenvalue weighted by Gasteiger charge is 2.58. The molecule has 4 rings (SSSR count). The normalized spacial score (nSPS) is 27.1. The first-order chi connectivity index (χ1) is 14.2. The fraction of sp³-hybridized carbons (Fsp3) is 0.450. The first-order valence-corrected chi connectivity index (χ1v) is 9.28. The average Bonchev–Trinajstić information content (AvgIpc) is 3.03. The van der Waals surface area contributed by atoms with Crippen molar-refractivity contribution in [3.05, 3.63) is 34.7 Å². The van der Waals surface area contributed by atoms with Crippen molar-refractivity contribution in [1.29, 1.82) is 0 Å². The van der Waals surface area contributed by atoms with Gasteiger partial charge < -0.3 is 33.4 Å². The van der Waals surface area contributed by atoms with E-state index < -0.39 is 42.0 Å². The summed E-state index contributed by atoms with van der Waals surface area (Å²) in [6.07, 6.45) is -3.87. The van der Waals surface area contributed by atoms with Crippen molar-refractivity contribution < 1.29 is 37.7 Å². The molecule has 1 amide bonds. The predicted molar refractivity (Wildman–Crippen MR) is 102 cm³/mol. The molecule has 0 aliphatic carbocycles. The molecule has 2 unspecified atom stereocenters. The Hall–Kier alpha value is -3.11. The number of rotatable bonds is 4. The third kappa shape index (κ3) is 3.59. The highest BCUT2D eigenvalue weighted by molar-refractivity contribution is 5.91. The van der Waals surface area contributed by atoms with Gasteiger partial charge in [-0.15, -0.1) is 0 Å². The molecule has 10 nitrogen and oxygen atoms in total. The molecule has 2 aliphatic rings. The molecule has 3 heterocycles. The van der Waals surface area contributed by atoms with Crippen molar-refractivity contribution >= 4 is 28.7 Å². The Labute approximate surface area is 171 Å². The van der Waals surface area contributed by atoms with Gasteiger partial charge in [-0.05, 0) is 32.0 Å². The number of benzene rings is 1. The zero-order chi connectivity index (χ0) is 21.6.